The van der Waals surface area contributed by atoms with Crippen LogP contribution in [0.4, 0.5) is 8.78 Å². The molecule has 5 nitrogen and oxygen atoms in total. The van der Waals surface area contributed by atoms with E-state index in [4.69, 9.17) is 0 Å². The fraction of sp³-hybridized carbons (Fsp3) is 0.364. The summed E-state index contributed by atoms with van der Waals surface area (Å²) in [4.78, 5) is 28.9. The molecule has 154 valence electrons. The second kappa shape index (κ2) is 9.60. The summed E-state index contributed by atoms with van der Waals surface area (Å²) < 4.78 is 26.6. The van der Waals surface area contributed by atoms with Crippen molar-refractivity contribution < 1.29 is 18.4 Å². The highest BCUT2D eigenvalue weighted by Gasteiger charge is 2.29. The number of nitrogens with zero attached hydrogens (tertiary/aromatic N) is 2. The molecule has 1 unspecified atom stereocenters. The van der Waals surface area contributed by atoms with E-state index in [-0.39, 0.29) is 24.1 Å². The number of nitrogens with one attached hydrogen (secondary N) is 1. The molecule has 0 radical (unpaired) electrons. The largest absolute Gasteiger partial charge is 0.352 e. The van der Waals surface area contributed by atoms with Gasteiger partial charge in [-0.25, -0.2) is 8.78 Å². The standard InChI is InChI=1S/C22H25F2N3O2/c1-26-12-13-27(20(15-26)16-6-3-2-4-7-16)21(28)8-5-11-25-22(29)18-10-9-17(23)14-19(18)24/h2-4,6-7,9-10,14,20H,5,8,11-13,15H2,1H3,(H,25,29). The van der Waals surface area contributed by atoms with Gasteiger partial charge >= 0.3 is 0 Å². The highest BCUT2D eigenvalue weighted by atomic mass is 19.1. The number of likely N-dealkylation sites (N-methyl/N-ethyl adjacent to an activating group) is 1. The Morgan fingerprint density at radius 1 is 1.10 bits per heavy atom. The minimum Gasteiger partial charge on any atom is -0.352 e. The Kier molecular flexibility index (Phi) is 6.93. The van der Waals surface area contributed by atoms with E-state index in [1.165, 1.54) is 0 Å². The number of hydrogen-bond acceptors (Lipinski definition) is 3. The van der Waals surface area contributed by atoms with Crippen molar-refractivity contribution in [2.45, 2.75) is 18.9 Å². The van der Waals surface area contributed by atoms with Crippen LogP contribution in [0.3, 0.4) is 0 Å². The van der Waals surface area contributed by atoms with Crippen LogP contribution in [0, 0.1) is 11.6 Å². The molecule has 0 aliphatic carbocycles. The van der Waals surface area contributed by atoms with Gasteiger partial charge in [-0.2, -0.15) is 0 Å². The third-order valence-electron chi connectivity index (χ3n) is 5.12. The summed E-state index contributed by atoms with van der Waals surface area (Å²) in [6.45, 7) is 2.49. The van der Waals surface area contributed by atoms with Crippen LogP contribution < -0.4 is 5.32 Å². The molecule has 2 aromatic carbocycles. The summed E-state index contributed by atoms with van der Waals surface area (Å²) in [6, 6.07) is 12.8. The number of hydrogen-bond donors (Lipinski definition) is 1. The van der Waals surface area contributed by atoms with Gasteiger partial charge in [0.2, 0.25) is 5.91 Å². The van der Waals surface area contributed by atoms with Gasteiger partial charge in [0.15, 0.2) is 0 Å². The lowest BCUT2D eigenvalue weighted by molar-refractivity contribution is -0.136. The van der Waals surface area contributed by atoms with Crippen LogP contribution in [0.15, 0.2) is 48.5 Å². The Labute approximate surface area is 169 Å². The molecule has 2 amide bonds. The van der Waals surface area contributed by atoms with Crippen LogP contribution in [0.2, 0.25) is 0 Å². The van der Waals surface area contributed by atoms with Crippen LogP contribution >= 0.6 is 0 Å². The number of carbonyl (C=O) groups excluding carboxylic acids is 2. The summed E-state index contributed by atoms with van der Waals surface area (Å²) in [5.74, 6) is -2.21. The Bertz CT molecular complexity index is 860. The lowest BCUT2D eigenvalue weighted by Crippen LogP contribution is -2.49. The molecule has 1 aliphatic rings. The smallest absolute Gasteiger partial charge is 0.254 e. The number of halogens is 2. The Morgan fingerprint density at radius 2 is 1.86 bits per heavy atom. The van der Waals surface area contributed by atoms with E-state index in [0.29, 0.717) is 25.5 Å². The number of rotatable bonds is 6. The zero-order valence-electron chi connectivity index (χ0n) is 16.4. The topological polar surface area (TPSA) is 52.6 Å². The SMILES string of the molecule is CN1CCN(C(=O)CCCNC(=O)c2ccc(F)cc2F)C(c2ccccc2)C1. The Balaban J connectivity index is 1.52. The first-order chi connectivity index (χ1) is 14.0. The molecular weight excluding hydrogens is 376 g/mol. The van der Waals surface area contributed by atoms with E-state index in [0.717, 1.165) is 30.8 Å². The molecule has 1 heterocycles. The van der Waals surface area contributed by atoms with Crippen molar-refractivity contribution in [3.8, 4) is 0 Å². The Morgan fingerprint density at radius 3 is 2.59 bits per heavy atom. The van der Waals surface area contributed by atoms with E-state index >= 15 is 0 Å². The molecule has 1 N–H and O–H groups in total. The first kappa shape index (κ1) is 20.9. The van der Waals surface area contributed by atoms with Gasteiger partial charge in [-0.1, -0.05) is 30.3 Å². The summed E-state index contributed by atoms with van der Waals surface area (Å²) >= 11 is 0. The lowest BCUT2D eigenvalue weighted by Gasteiger charge is -2.40. The van der Waals surface area contributed by atoms with Gasteiger partial charge < -0.3 is 15.1 Å². The first-order valence-corrected chi connectivity index (χ1v) is 9.72. The minimum absolute atomic E-state index is 0.00496. The molecule has 7 heteroatoms. The van der Waals surface area contributed by atoms with Crippen molar-refractivity contribution in [2.24, 2.45) is 0 Å². The molecule has 0 spiro atoms. The van der Waals surface area contributed by atoms with Crippen molar-refractivity contribution in [1.82, 2.24) is 15.1 Å². The van der Waals surface area contributed by atoms with Crippen molar-refractivity contribution >= 4 is 11.8 Å². The number of carbonyl (C=O) groups is 2. The summed E-state index contributed by atoms with van der Waals surface area (Å²) in [5, 5.41) is 2.59. The van der Waals surface area contributed by atoms with E-state index < -0.39 is 17.5 Å². The van der Waals surface area contributed by atoms with E-state index in [1.807, 2.05) is 42.3 Å². The molecule has 1 fully saturated rings. The monoisotopic (exact) mass is 401 g/mol. The molecular formula is C22H25F2N3O2. The summed E-state index contributed by atoms with van der Waals surface area (Å²) in [7, 11) is 2.04. The van der Waals surface area contributed by atoms with Crippen molar-refractivity contribution in [3.63, 3.8) is 0 Å². The van der Waals surface area contributed by atoms with E-state index in [1.54, 1.807) is 0 Å². The van der Waals surface area contributed by atoms with Crippen molar-refractivity contribution in [2.75, 3.05) is 33.2 Å². The average Bonchev–Trinajstić information content (AvgIpc) is 2.71. The third-order valence-corrected chi connectivity index (χ3v) is 5.12. The summed E-state index contributed by atoms with van der Waals surface area (Å²) in [6.07, 6.45) is 0.737. The Hall–Kier alpha value is -2.80. The quantitative estimate of drug-likeness (QED) is 0.758. The number of benzene rings is 2. The molecule has 0 bridgehead atoms. The normalized spacial score (nSPS) is 17.2. The van der Waals surface area contributed by atoms with Crippen molar-refractivity contribution in [1.29, 1.82) is 0 Å². The number of piperazine rings is 1. The molecule has 2 aromatic rings. The van der Waals surface area contributed by atoms with Gasteiger partial charge in [-0.15, -0.1) is 0 Å². The lowest BCUT2D eigenvalue weighted by atomic mass is 10.0. The molecule has 1 atom stereocenters. The first-order valence-electron chi connectivity index (χ1n) is 9.72. The second-order valence-corrected chi connectivity index (χ2v) is 7.26. The van der Waals surface area contributed by atoms with Crippen LogP contribution in [0.1, 0.15) is 34.8 Å². The molecule has 1 saturated heterocycles. The van der Waals surface area contributed by atoms with Crippen LogP contribution in [0.5, 0.6) is 0 Å². The van der Waals surface area contributed by atoms with Crippen molar-refractivity contribution in [3.05, 3.63) is 71.3 Å². The maximum absolute atomic E-state index is 13.7. The van der Waals surface area contributed by atoms with Gasteiger partial charge in [0.25, 0.3) is 5.91 Å². The minimum atomic E-state index is -0.901. The average molecular weight is 401 g/mol. The highest BCUT2D eigenvalue weighted by molar-refractivity contribution is 5.94. The van der Waals surface area contributed by atoms with E-state index in [9.17, 15) is 18.4 Å². The fourth-order valence-corrected chi connectivity index (χ4v) is 3.53. The second-order valence-electron chi connectivity index (χ2n) is 7.26. The van der Waals surface area contributed by atoms with Crippen LogP contribution in [0.25, 0.3) is 0 Å². The van der Waals surface area contributed by atoms with Gasteiger partial charge in [0.1, 0.15) is 11.6 Å². The molecule has 0 aromatic heterocycles. The summed E-state index contributed by atoms with van der Waals surface area (Å²) in [5.41, 5.74) is 0.897. The van der Waals surface area contributed by atoms with Crippen LogP contribution in [-0.4, -0.2) is 54.8 Å². The maximum Gasteiger partial charge on any atom is 0.254 e. The maximum atomic E-state index is 13.7. The van der Waals surface area contributed by atoms with Gasteiger partial charge in [-0.05, 0) is 31.2 Å². The third kappa shape index (κ3) is 5.38. The predicted octanol–water partition coefficient (Wildman–Crippen LogP) is 2.99. The highest BCUT2D eigenvalue weighted by Crippen LogP contribution is 2.25. The zero-order chi connectivity index (χ0) is 20.8. The number of amides is 2. The predicted molar refractivity (Wildman–Crippen MR) is 106 cm³/mol. The molecule has 1 aliphatic heterocycles. The van der Waals surface area contributed by atoms with Crippen LogP contribution in [-0.2, 0) is 4.79 Å². The molecule has 0 saturated carbocycles. The van der Waals surface area contributed by atoms with Gasteiger partial charge in [-0.3, -0.25) is 9.59 Å². The zero-order valence-corrected chi connectivity index (χ0v) is 16.4. The molecule has 3 rings (SSSR count). The van der Waals surface area contributed by atoms with E-state index in [2.05, 4.69) is 10.2 Å². The van der Waals surface area contributed by atoms with Gasteiger partial charge in [0.05, 0.1) is 11.6 Å². The van der Waals surface area contributed by atoms with Gasteiger partial charge in [0, 0.05) is 38.7 Å². The molecule has 29 heavy (non-hydrogen) atoms. The fourth-order valence-electron chi connectivity index (χ4n) is 3.53.